The van der Waals surface area contributed by atoms with E-state index in [1.54, 1.807) is 31.2 Å². The quantitative estimate of drug-likeness (QED) is 0.331. The number of amides is 1. The molecule has 0 radical (unpaired) electrons. The second-order valence-electron chi connectivity index (χ2n) is 7.32. The van der Waals surface area contributed by atoms with Gasteiger partial charge in [-0.15, -0.1) is 0 Å². The molecule has 0 spiro atoms. The van der Waals surface area contributed by atoms with Crippen LogP contribution < -0.4 is 20.4 Å². The van der Waals surface area contributed by atoms with E-state index in [-0.39, 0.29) is 41.4 Å². The maximum absolute atomic E-state index is 13.7. The van der Waals surface area contributed by atoms with Crippen LogP contribution in [0, 0.1) is 12.7 Å². The first-order valence-electron chi connectivity index (χ1n) is 10.1. The number of ether oxygens (including phenoxy) is 2. The Hall–Kier alpha value is -4.01. The summed E-state index contributed by atoms with van der Waals surface area (Å²) in [5.74, 6) is -2.41. The number of hydrogen-bond donors (Lipinski definition) is 1. The van der Waals surface area contributed by atoms with Gasteiger partial charge in [-0.25, -0.2) is 9.18 Å². The number of carbonyl (C=O) groups is 3. The second kappa shape index (κ2) is 10.1. The fraction of sp³-hybridized carbons (Fsp3) is 0.250. The SMILES string of the molecule is CC(=O)Oc1ccc2c(C)c(CC(=O)NCCc3ccccc3F)c(=O)oc2c1OC(C)=O. The molecule has 0 unspecified atom stereocenters. The van der Waals surface area contributed by atoms with Gasteiger partial charge >= 0.3 is 17.6 Å². The summed E-state index contributed by atoms with van der Waals surface area (Å²) in [4.78, 5) is 48.0. The van der Waals surface area contributed by atoms with Crippen LogP contribution in [0.1, 0.15) is 30.5 Å². The van der Waals surface area contributed by atoms with Crippen LogP contribution in [0.2, 0.25) is 0 Å². The average Bonchev–Trinajstić information content (AvgIpc) is 2.74. The molecule has 0 bridgehead atoms. The Balaban J connectivity index is 1.86. The Labute approximate surface area is 188 Å². The summed E-state index contributed by atoms with van der Waals surface area (Å²) >= 11 is 0. The van der Waals surface area contributed by atoms with Gasteiger partial charge in [-0.1, -0.05) is 18.2 Å². The van der Waals surface area contributed by atoms with Crippen LogP contribution in [-0.2, 0) is 27.2 Å². The van der Waals surface area contributed by atoms with Crippen molar-refractivity contribution in [3.05, 3.63) is 69.3 Å². The van der Waals surface area contributed by atoms with E-state index in [0.29, 0.717) is 22.9 Å². The van der Waals surface area contributed by atoms with E-state index in [9.17, 15) is 23.6 Å². The monoisotopic (exact) mass is 455 g/mol. The fourth-order valence-corrected chi connectivity index (χ4v) is 3.35. The zero-order chi connectivity index (χ0) is 24.1. The van der Waals surface area contributed by atoms with E-state index < -0.39 is 23.5 Å². The summed E-state index contributed by atoms with van der Waals surface area (Å²) in [5, 5.41) is 3.08. The van der Waals surface area contributed by atoms with Gasteiger partial charge in [0, 0.05) is 25.8 Å². The van der Waals surface area contributed by atoms with Crippen molar-refractivity contribution in [2.24, 2.45) is 0 Å². The van der Waals surface area contributed by atoms with Crippen LogP contribution in [0.25, 0.3) is 11.0 Å². The average molecular weight is 455 g/mol. The summed E-state index contributed by atoms with van der Waals surface area (Å²) < 4.78 is 29.3. The Bertz CT molecular complexity index is 1300. The van der Waals surface area contributed by atoms with Gasteiger partial charge in [0.1, 0.15) is 5.82 Å². The first-order valence-corrected chi connectivity index (χ1v) is 10.1. The van der Waals surface area contributed by atoms with Gasteiger partial charge in [-0.05, 0) is 42.7 Å². The smallest absolute Gasteiger partial charge is 0.340 e. The highest BCUT2D eigenvalue weighted by atomic mass is 19.1. The molecule has 1 N–H and O–H groups in total. The molecule has 1 amide bonds. The van der Waals surface area contributed by atoms with Gasteiger partial charge in [0.15, 0.2) is 11.3 Å². The molecular weight excluding hydrogens is 433 g/mol. The number of nitrogens with one attached hydrogen (secondary N) is 1. The van der Waals surface area contributed by atoms with Crippen molar-refractivity contribution < 1.29 is 32.7 Å². The van der Waals surface area contributed by atoms with E-state index in [1.807, 2.05) is 0 Å². The van der Waals surface area contributed by atoms with Crippen LogP contribution in [0.5, 0.6) is 11.5 Å². The number of rotatable bonds is 7. The lowest BCUT2D eigenvalue weighted by molar-refractivity contribution is -0.134. The Morgan fingerprint density at radius 1 is 1.03 bits per heavy atom. The van der Waals surface area contributed by atoms with Gasteiger partial charge in [0.05, 0.1) is 12.0 Å². The van der Waals surface area contributed by atoms with Gasteiger partial charge in [0.2, 0.25) is 11.7 Å². The number of esters is 2. The molecule has 0 atom stereocenters. The minimum absolute atomic E-state index is 0.0739. The predicted octanol–water partition coefficient (Wildman–Crippen LogP) is 2.99. The molecule has 0 fully saturated rings. The van der Waals surface area contributed by atoms with E-state index >= 15 is 0 Å². The lowest BCUT2D eigenvalue weighted by atomic mass is 10.0. The van der Waals surface area contributed by atoms with Gasteiger partial charge in [-0.3, -0.25) is 14.4 Å². The van der Waals surface area contributed by atoms with Crippen molar-refractivity contribution in [1.82, 2.24) is 5.32 Å². The highest BCUT2D eigenvalue weighted by Gasteiger charge is 2.22. The highest BCUT2D eigenvalue weighted by Crippen LogP contribution is 2.37. The molecule has 172 valence electrons. The van der Waals surface area contributed by atoms with Crippen LogP contribution in [0.4, 0.5) is 4.39 Å². The lowest BCUT2D eigenvalue weighted by Gasteiger charge is -2.13. The third-order valence-electron chi connectivity index (χ3n) is 4.89. The number of fused-ring (bicyclic) bond motifs is 1. The third kappa shape index (κ3) is 5.62. The molecule has 0 aliphatic heterocycles. The molecular formula is C24H22FNO7. The summed E-state index contributed by atoms with van der Waals surface area (Å²) in [5.41, 5.74) is 0.182. The molecule has 0 saturated heterocycles. The zero-order valence-electron chi connectivity index (χ0n) is 18.3. The summed E-state index contributed by atoms with van der Waals surface area (Å²) in [6, 6.07) is 9.22. The Kier molecular flexibility index (Phi) is 7.22. The summed E-state index contributed by atoms with van der Waals surface area (Å²) in [6.45, 7) is 4.16. The van der Waals surface area contributed by atoms with Crippen LogP contribution >= 0.6 is 0 Å². The molecule has 1 heterocycles. The topological polar surface area (TPSA) is 112 Å². The van der Waals surface area contributed by atoms with Crippen LogP contribution in [0.15, 0.2) is 45.6 Å². The molecule has 33 heavy (non-hydrogen) atoms. The molecule has 0 aliphatic carbocycles. The number of aryl methyl sites for hydroxylation is 1. The first kappa shape index (κ1) is 23.6. The Morgan fingerprint density at radius 2 is 1.73 bits per heavy atom. The zero-order valence-corrected chi connectivity index (χ0v) is 18.3. The van der Waals surface area contributed by atoms with E-state index in [1.165, 1.54) is 19.1 Å². The molecule has 9 heteroatoms. The van der Waals surface area contributed by atoms with Crippen molar-refractivity contribution in [2.75, 3.05) is 6.54 Å². The highest BCUT2D eigenvalue weighted by molar-refractivity contribution is 5.92. The van der Waals surface area contributed by atoms with Gasteiger partial charge in [0.25, 0.3) is 0 Å². The Morgan fingerprint density at radius 3 is 2.39 bits per heavy atom. The number of carbonyl (C=O) groups excluding carboxylic acids is 3. The molecule has 0 aliphatic rings. The van der Waals surface area contributed by atoms with E-state index in [0.717, 1.165) is 6.92 Å². The number of halogens is 1. The molecule has 3 rings (SSSR count). The lowest BCUT2D eigenvalue weighted by Crippen LogP contribution is -2.29. The fourth-order valence-electron chi connectivity index (χ4n) is 3.35. The number of benzene rings is 2. The predicted molar refractivity (Wildman–Crippen MR) is 117 cm³/mol. The third-order valence-corrected chi connectivity index (χ3v) is 4.89. The van der Waals surface area contributed by atoms with E-state index in [2.05, 4.69) is 5.32 Å². The maximum Gasteiger partial charge on any atom is 0.340 e. The van der Waals surface area contributed by atoms with Crippen molar-refractivity contribution in [3.63, 3.8) is 0 Å². The minimum atomic E-state index is -0.794. The summed E-state index contributed by atoms with van der Waals surface area (Å²) in [7, 11) is 0. The van der Waals surface area contributed by atoms with Crippen molar-refractivity contribution in [2.45, 2.75) is 33.6 Å². The molecule has 2 aromatic carbocycles. The van der Waals surface area contributed by atoms with Gasteiger partial charge in [-0.2, -0.15) is 0 Å². The van der Waals surface area contributed by atoms with Crippen LogP contribution in [-0.4, -0.2) is 24.4 Å². The van der Waals surface area contributed by atoms with Gasteiger partial charge < -0.3 is 19.2 Å². The van der Waals surface area contributed by atoms with Crippen molar-refractivity contribution in [1.29, 1.82) is 0 Å². The summed E-state index contributed by atoms with van der Waals surface area (Å²) in [6.07, 6.45) is 0.0460. The molecule has 0 saturated carbocycles. The minimum Gasteiger partial charge on any atom is -0.423 e. The largest absolute Gasteiger partial charge is 0.423 e. The first-order chi connectivity index (χ1) is 15.7. The molecule has 8 nitrogen and oxygen atoms in total. The number of hydrogen-bond acceptors (Lipinski definition) is 7. The second-order valence-corrected chi connectivity index (χ2v) is 7.32. The van der Waals surface area contributed by atoms with Crippen LogP contribution in [0.3, 0.4) is 0 Å². The van der Waals surface area contributed by atoms with E-state index in [4.69, 9.17) is 13.9 Å². The standard InChI is InChI=1S/C24H22FNO7/c1-13-17-8-9-20(31-14(2)27)23(32-15(3)28)22(17)33-24(30)18(13)12-21(29)26-11-10-16-6-4-5-7-19(16)25/h4-9H,10-12H2,1-3H3,(H,26,29). The molecule has 1 aromatic heterocycles. The normalized spacial score (nSPS) is 10.7. The maximum atomic E-state index is 13.7. The molecule has 3 aromatic rings. The van der Waals surface area contributed by atoms with Crippen molar-refractivity contribution in [3.8, 4) is 11.5 Å². The van der Waals surface area contributed by atoms with Crippen molar-refractivity contribution >= 4 is 28.8 Å².